The molecule has 1 aromatic rings. The quantitative estimate of drug-likeness (QED) is 0.560. The highest BCUT2D eigenvalue weighted by atomic mass is 16.6. The zero-order chi connectivity index (χ0) is 13.7. The number of hydrogen-bond donors (Lipinski definition) is 0. The molecule has 0 amide bonds. The predicted octanol–water partition coefficient (Wildman–Crippen LogP) is 2.35. The van der Waals surface area contributed by atoms with Crippen LogP contribution in [0, 0.1) is 0 Å². The molecule has 2 rings (SSSR count). The Morgan fingerprint density at radius 3 is 2.58 bits per heavy atom. The summed E-state index contributed by atoms with van der Waals surface area (Å²) in [6.07, 6.45) is 2.55. The molecule has 104 valence electrons. The Balaban J connectivity index is 1.78. The maximum Gasteiger partial charge on any atom is 0.340 e. The summed E-state index contributed by atoms with van der Waals surface area (Å²) >= 11 is 0. The van der Waals surface area contributed by atoms with Crippen molar-refractivity contribution in [2.75, 3.05) is 20.3 Å². The maximum atomic E-state index is 11.7. The molecule has 0 bridgehead atoms. The molecule has 0 unspecified atom stereocenters. The zero-order valence-electron chi connectivity index (χ0n) is 11.5. The van der Waals surface area contributed by atoms with Gasteiger partial charge in [0.1, 0.15) is 5.75 Å². The van der Waals surface area contributed by atoms with Gasteiger partial charge in [0, 0.05) is 0 Å². The predicted molar refractivity (Wildman–Crippen MR) is 71.2 cm³/mol. The molecule has 4 heteroatoms. The fourth-order valence-electron chi connectivity index (χ4n) is 2.08. The van der Waals surface area contributed by atoms with Gasteiger partial charge in [-0.2, -0.15) is 0 Å². The molecular weight excluding hydrogens is 244 g/mol. The second-order valence-electron chi connectivity index (χ2n) is 4.71. The van der Waals surface area contributed by atoms with Gasteiger partial charge in [-0.15, -0.1) is 0 Å². The summed E-state index contributed by atoms with van der Waals surface area (Å²) in [5.74, 6) is 0.641. The van der Waals surface area contributed by atoms with Crippen LogP contribution in [0.1, 0.15) is 25.3 Å². The first-order chi connectivity index (χ1) is 9.20. The molecule has 4 nitrogen and oxygen atoms in total. The number of epoxide rings is 1. The van der Waals surface area contributed by atoms with Crippen molar-refractivity contribution in [3.05, 3.63) is 29.8 Å². The van der Waals surface area contributed by atoms with Crippen molar-refractivity contribution in [1.29, 1.82) is 0 Å². The van der Waals surface area contributed by atoms with Crippen molar-refractivity contribution in [2.45, 2.75) is 31.8 Å². The zero-order valence-corrected chi connectivity index (χ0v) is 11.5. The molecule has 19 heavy (non-hydrogen) atoms. The lowest BCUT2D eigenvalue weighted by atomic mass is 10.0. The van der Waals surface area contributed by atoms with Gasteiger partial charge in [0.2, 0.25) is 0 Å². The van der Waals surface area contributed by atoms with Crippen LogP contribution in [0.3, 0.4) is 0 Å². The minimum Gasteiger partial charge on any atom is -0.497 e. The van der Waals surface area contributed by atoms with Crippen LogP contribution < -0.4 is 4.74 Å². The van der Waals surface area contributed by atoms with E-state index in [9.17, 15) is 4.79 Å². The number of esters is 1. The van der Waals surface area contributed by atoms with Gasteiger partial charge in [-0.1, -0.05) is 12.1 Å². The van der Waals surface area contributed by atoms with E-state index in [0.29, 0.717) is 13.2 Å². The first-order valence-electron chi connectivity index (χ1n) is 6.64. The molecule has 1 aromatic carbocycles. The summed E-state index contributed by atoms with van der Waals surface area (Å²) < 4.78 is 15.4. The topological polar surface area (TPSA) is 48.1 Å². The molecule has 1 saturated heterocycles. The number of benzene rings is 1. The highest BCUT2D eigenvalue weighted by Gasteiger charge is 2.52. The van der Waals surface area contributed by atoms with Gasteiger partial charge >= 0.3 is 5.97 Å². The molecule has 0 N–H and O–H groups in total. The standard InChI is InChI=1S/C15H20O4/c1-3-18-14(16)15(11-19-15)10-4-5-12-6-8-13(17-2)9-7-12/h6-9H,3-5,10-11H2,1-2H3/t15-/m0/s1. The number of ether oxygens (including phenoxy) is 3. The second-order valence-corrected chi connectivity index (χ2v) is 4.71. The summed E-state index contributed by atoms with van der Waals surface area (Å²) in [6.45, 7) is 2.71. The Morgan fingerprint density at radius 2 is 2.05 bits per heavy atom. The average molecular weight is 264 g/mol. The molecule has 1 aliphatic heterocycles. The minimum atomic E-state index is -0.650. The van der Waals surface area contributed by atoms with Crippen LogP contribution in [0.4, 0.5) is 0 Å². The van der Waals surface area contributed by atoms with Crippen molar-refractivity contribution in [1.82, 2.24) is 0 Å². The molecule has 1 heterocycles. The minimum absolute atomic E-state index is 0.218. The normalized spacial score (nSPS) is 20.9. The van der Waals surface area contributed by atoms with E-state index in [4.69, 9.17) is 14.2 Å². The van der Waals surface area contributed by atoms with E-state index >= 15 is 0 Å². The fourth-order valence-corrected chi connectivity index (χ4v) is 2.08. The van der Waals surface area contributed by atoms with Crippen LogP contribution in [0.5, 0.6) is 5.75 Å². The molecule has 1 atom stereocenters. The van der Waals surface area contributed by atoms with Crippen molar-refractivity contribution in [2.24, 2.45) is 0 Å². The smallest absolute Gasteiger partial charge is 0.340 e. The molecule has 1 fully saturated rings. The molecule has 0 aromatic heterocycles. The second kappa shape index (κ2) is 6.06. The van der Waals surface area contributed by atoms with Crippen molar-refractivity contribution in [3.8, 4) is 5.75 Å². The van der Waals surface area contributed by atoms with Gasteiger partial charge in [-0.25, -0.2) is 4.79 Å². The summed E-state index contributed by atoms with van der Waals surface area (Å²) in [6, 6.07) is 7.99. The lowest BCUT2D eigenvalue weighted by molar-refractivity contribution is -0.149. The number of carbonyl (C=O) groups excluding carboxylic acids is 1. The van der Waals surface area contributed by atoms with Crippen molar-refractivity contribution < 1.29 is 19.0 Å². The van der Waals surface area contributed by atoms with Gasteiger partial charge in [0.05, 0.1) is 20.3 Å². The highest BCUT2D eigenvalue weighted by molar-refractivity contribution is 5.82. The molecule has 0 aliphatic carbocycles. The number of rotatable bonds is 7. The lowest BCUT2D eigenvalue weighted by Gasteiger charge is -2.10. The van der Waals surface area contributed by atoms with Crippen LogP contribution in [0.15, 0.2) is 24.3 Å². The van der Waals surface area contributed by atoms with Crippen LogP contribution in [0.25, 0.3) is 0 Å². The van der Waals surface area contributed by atoms with Crippen LogP contribution in [-0.4, -0.2) is 31.9 Å². The van der Waals surface area contributed by atoms with Crippen molar-refractivity contribution >= 4 is 5.97 Å². The SMILES string of the molecule is CCOC(=O)[C@]1(CCCc2ccc(OC)cc2)CO1. The van der Waals surface area contributed by atoms with E-state index in [0.717, 1.165) is 25.0 Å². The number of carbonyl (C=O) groups is 1. The van der Waals surface area contributed by atoms with Gasteiger partial charge in [-0.05, 0) is 43.9 Å². The van der Waals surface area contributed by atoms with Gasteiger partial charge < -0.3 is 14.2 Å². The molecule has 1 aliphatic rings. The number of aryl methyl sites for hydroxylation is 1. The third-order valence-corrected chi connectivity index (χ3v) is 3.35. The summed E-state index contributed by atoms with van der Waals surface area (Å²) in [4.78, 5) is 11.7. The Bertz CT molecular complexity index is 420. The first-order valence-corrected chi connectivity index (χ1v) is 6.64. The largest absolute Gasteiger partial charge is 0.497 e. The Hall–Kier alpha value is -1.55. The van der Waals surface area contributed by atoms with E-state index in [2.05, 4.69) is 0 Å². The van der Waals surface area contributed by atoms with Gasteiger partial charge in [0.15, 0.2) is 5.60 Å². The molecule has 0 radical (unpaired) electrons. The monoisotopic (exact) mass is 264 g/mol. The van der Waals surface area contributed by atoms with E-state index in [-0.39, 0.29) is 5.97 Å². The Kier molecular flexibility index (Phi) is 4.43. The molecular formula is C15H20O4. The molecule has 0 saturated carbocycles. The van der Waals surface area contributed by atoms with Crippen LogP contribution in [-0.2, 0) is 20.7 Å². The fraction of sp³-hybridized carbons (Fsp3) is 0.533. The number of methoxy groups -OCH3 is 1. The van der Waals surface area contributed by atoms with E-state index < -0.39 is 5.60 Å². The van der Waals surface area contributed by atoms with E-state index in [1.54, 1.807) is 7.11 Å². The van der Waals surface area contributed by atoms with E-state index in [1.807, 2.05) is 31.2 Å². The summed E-state index contributed by atoms with van der Waals surface area (Å²) in [7, 11) is 1.66. The third kappa shape index (κ3) is 3.47. The van der Waals surface area contributed by atoms with Crippen LogP contribution >= 0.6 is 0 Å². The molecule has 0 spiro atoms. The first kappa shape index (κ1) is 13.9. The van der Waals surface area contributed by atoms with E-state index in [1.165, 1.54) is 5.56 Å². The highest BCUT2D eigenvalue weighted by Crippen LogP contribution is 2.34. The third-order valence-electron chi connectivity index (χ3n) is 3.35. The van der Waals surface area contributed by atoms with Crippen molar-refractivity contribution in [3.63, 3.8) is 0 Å². The van der Waals surface area contributed by atoms with Gasteiger partial charge in [-0.3, -0.25) is 0 Å². The van der Waals surface area contributed by atoms with Crippen LogP contribution in [0.2, 0.25) is 0 Å². The Labute approximate surface area is 113 Å². The summed E-state index contributed by atoms with van der Waals surface area (Å²) in [5, 5.41) is 0. The maximum absolute atomic E-state index is 11.7. The number of hydrogen-bond acceptors (Lipinski definition) is 4. The lowest BCUT2D eigenvalue weighted by Crippen LogP contribution is -2.27. The average Bonchev–Trinajstić information content (AvgIpc) is 3.21. The summed E-state index contributed by atoms with van der Waals surface area (Å²) in [5.41, 5.74) is 0.586. The van der Waals surface area contributed by atoms with Gasteiger partial charge in [0.25, 0.3) is 0 Å². The Morgan fingerprint density at radius 1 is 1.37 bits per heavy atom.